The second-order valence-electron chi connectivity index (χ2n) is 18.1. The predicted molar refractivity (Wildman–Crippen MR) is 262 cm³/mol. The minimum atomic E-state index is -1.18. The molecule has 5 aromatic rings. The Balaban J connectivity index is 0.745. The maximum absolute atomic E-state index is 13.5. The number of anilines is 4. The van der Waals surface area contributed by atoms with Gasteiger partial charge in [0.1, 0.15) is 34.5 Å². The zero-order chi connectivity index (χ0) is 48.4. The SMILES string of the molecule is C=C1c2cccc(NCC(=O)N3CCN(CC4CCN(c5cc6nccc(Oc7ccc(NC(=O)C8(C(=O)Nc9ccc(F)cc9)CC8)cc7)c6cc5OC)CC4)CC3)c2C(=O)N1C(C)C(=O)NC. The lowest BCUT2D eigenvalue weighted by molar-refractivity contribution is -0.132. The summed E-state index contributed by atoms with van der Waals surface area (Å²) in [7, 11) is 3.19. The highest BCUT2D eigenvalue weighted by atomic mass is 19.1. The van der Waals surface area contributed by atoms with Crippen LogP contribution in [-0.4, -0.2) is 122 Å². The van der Waals surface area contributed by atoms with Crippen molar-refractivity contribution in [3.63, 3.8) is 0 Å². The third kappa shape index (κ3) is 9.64. The molecule has 0 radical (unpaired) electrons. The number of nitrogens with one attached hydrogen (secondary N) is 4. The number of carbonyl (C=O) groups is 5. The number of nitrogens with zero attached hydrogens (tertiary/aromatic N) is 5. The molecule has 3 aliphatic heterocycles. The lowest BCUT2D eigenvalue weighted by Gasteiger charge is -2.39. The van der Waals surface area contributed by atoms with E-state index in [4.69, 9.17) is 9.47 Å². The van der Waals surface area contributed by atoms with Crippen LogP contribution in [0.5, 0.6) is 17.2 Å². The summed E-state index contributed by atoms with van der Waals surface area (Å²) in [6.45, 7) is 11.3. The number of piperazine rings is 1. The van der Waals surface area contributed by atoms with Gasteiger partial charge in [0, 0.05) is 92.8 Å². The minimum Gasteiger partial charge on any atom is -0.495 e. The molecule has 69 heavy (non-hydrogen) atoms. The average molecular weight is 938 g/mol. The first-order chi connectivity index (χ1) is 33.3. The van der Waals surface area contributed by atoms with Crippen LogP contribution >= 0.6 is 0 Å². The third-order valence-corrected chi connectivity index (χ3v) is 13.8. The summed E-state index contributed by atoms with van der Waals surface area (Å²) in [4.78, 5) is 78.2. The number of pyridine rings is 1. The van der Waals surface area contributed by atoms with Gasteiger partial charge < -0.3 is 40.5 Å². The molecule has 358 valence electrons. The Kier molecular flexibility index (Phi) is 13.2. The Bertz CT molecular complexity index is 2800. The molecule has 1 aromatic heterocycles. The monoisotopic (exact) mass is 937 g/mol. The maximum Gasteiger partial charge on any atom is 0.261 e. The van der Waals surface area contributed by atoms with Crippen LogP contribution in [0.3, 0.4) is 0 Å². The average Bonchev–Trinajstić information content (AvgIpc) is 4.15. The van der Waals surface area contributed by atoms with E-state index in [1.807, 2.05) is 23.1 Å². The maximum atomic E-state index is 13.5. The number of carbonyl (C=O) groups excluding carboxylic acids is 5. The topological polar surface area (TPSA) is 178 Å². The van der Waals surface area contributed by atoms with Crippen molar-refractivity contribution in [3.8, 4) is 17.2 Å². The van der Waals surface area contributed by atoms with Gasteiger partial charge in [0.15, 0.2) is 0 Å². The number of benzene rings is 4. The summed E-state index contributed by atoms with van der Waals surface area (Å²) >= 11 is 0. The second kappa shape index (κ2) is 19.6. The largest absolute Gasteiger partial charge is 0.495 e. The number of halogens is 1. The van der Waals surface area contributed by atoms with Crippen molar-refractivity contribution >= 4 is 68.9 Å². The van der Waals surface area contributed by atoms with Gasteiger partial charge in [-0.3, -0.25) is 38.8 Å². The van der Waals surface area contributed by atoms with Gasteiger partial charge in [-0.15, -0.1) is 0 Å². The highest BCUT2D eigenvalue weighted by Gasteiger charge is 2.56. The van der Waals surface area contributed by atoms with Gasteiger partial charge in [-0.05, 0) is 111 Å². The molecule has 5 amide bonds. The van der Waals surface area contributed by atoms with Crippen LogP contribution in [-0.2, 0) is 19.2 Å². The van der Waals surface area contributed by atoms with Crippen molar-refractivity contribution in [2.75, 3.05) is 87.4 Å². The van der Waals surface area contributed by atoms with E-state index in [2.05, 4.69) is 42.6 Å². The van der Waals surface area contributed by atoms with E-state index >= 15 is 0 Å². The number of ether oxygens (including phenoxy) is 2. The number of amides is 5. The molecule has 0 bridgehead atoms. The van der Waals surface area contributed by atoms with Crippen LogP contribution in [0.2, 0.25) is 0 Å². The van der Waals surface area contributed by atoms with Gasteiger partial charge >= 0.3 is 0 Å². The molecule has 2 saturated heterocycles. The summed E-state index contributed by atoms with van der Waals surface area (Å²) in [5.74, 6) is 0.494. The van der Waals surface area contributed by atoms with Crippen LogP contribution in [0.15, 0.2) is 97.7 Å². The summed E-state index contributed by atoms with van der Waals surface area (Å²) in [6, 6.07) is 22.9. The molecule has 4 N–H and O–H groups in total. The Labute approximate surface area is 399 Å². The minimum absolute atomic E-state index is 0.0349. The zero-order valence-corrected chi connectivity index (χ0v) is 39.0. The molecule has 1 atom stereocenters. The van der Waals surface area contributed by atoms with Crippen LogP contribution in [0.4, 0.5) is 27.1 Å². The van der Waals surface area contributed by atoms with Crippen LogP contribution in [0, 0.1) is 17.2 Å². The molecule has 9 rings (SSSR count). The second-order valence-corrected chi connectivity index (χ2v) is 18.1. The molecule has 0 spiro atoms. The van der Waals surface area contributed by atoms with E-state index in [0.717, 1.165) is 67.9 Å². The fourth-order valence-electron chi connectivity index (χ4n) is 9.55. The molecule has 17 heteroatoms. The number of methoxy groups -OCH3 is 1. The van der Waals surface area contributed by atoms with E-state index < -0.39 is 29.1 Å². The van der Waals surface area contributed by atoms with E-state index in [0.29, 0.717) is 77.2 Å². The molecular formula is C52H56FN9O7. The lowest BCUT2D eigenvalue weighted by atomic mass is 9.95. The predicted octanol–water partition coefficient (Wildman–Crippen LogP) is 6.57. The van der Waals surface area contributed by atoms with E-state index in [9.17, 15) is 28.4 Å². The van der Waals surface area contributed by atoms with Crippen molar-refractivity contribution in [2.45, 2.75) is 38.6 Å². The Morgan fingerprint density at radius 3 is 2.17 bits per heavy atom. The first-order valence-electron chi connectivity index (χ1n) is 23.4. The van der Waals surface area contributed by atoms with Crippen LogP contribution in [0.25, 0.3) is 16.6 Å². The van der Waals surface area contributed by atoms with Crippen molar-refractivity contribution in [3.05, 3.63) is 115 Å². The fraction of sp³-hybridized carbons (Fsp3) is 0.346. The molecule has 3 fully saturated rings. The van der Waals surface area contributed by atoms with Gasteiger partial charge in [-0.25, -0.2) is 4.39 Å². The number of aromatic nitrogens is 1. The van der Waals surface area contributed by atoms with Gasteiger partial charge in [0.05, 0.1) is 30.4 Å². The van der Waals surface area contributed by atoms with Crippen molar-refractivity contribution in [1.29, 1.82) is 0 Å². The zero-order valence-electron chi connectivity index (χ0n) is 39.0. The highest BCUT2D eigenvalue weighted by Crippen LogP contribution is 2.48. The van der Waals surface area contributed by atoms with E-state index in [-0.39, 0.29) is 24.3 Å². The third-order valence-electron chi connectivity index (χ3n) is 13.8. The van der Waals surface area contributed by atoms with Crippen molar-refractivity contribution in [2.24, 2.45) is 11.3 Å². The lowest BCUT2D eigenvalue weighted by Crippen LogP contribution is -2.51. The molecule has 16 nitrogen and oxygen atoms in total. The number of fused-ring (bicyclic) bond motifs is 2. The summed E-state index contributed by atoms with van der Waals surface area (Å²) in [5, 5.41) is 12.2. The number of hydrogen-bond donors (Lipinski definition) is 4. The molecule has 4 aromatic carbocycles. The van der Waals surface area contributed by atoms with Crippen molar-refractivity contribution in [1.82, 2.24) is 25.0 Å². The Hall–Kier alpha value is -7.53. The first kappa shape index (κ1) is 46.6. The molecule has 1 aliphatic carbocycles. The van der Waals surface area contributed by atoms with Gasteiger partial charge in [-0.2, -0.15) is 0 Å². The van der Waals surface area contributed by atoms with E-state index in [1.165, 1.54) is 36.2 Å². The molecule has 4 aliphatic rings. The highest BCUT2D eigenvalue weighted by molar-refractivity contribution is 6.17. The fourth-order valence-corrected chi connectivity index (χ4v) is 9.55. The summed E-state index contributed by atoms with van der Waals surface area (Å²) < 4.78 is 25.6. The normalized spacial score (nSPS) is 17.2. The molecular weight excluding hydrogens is 882 g/mol. The quantitative estimate of drug-likeness (QED) is 0.0836. The number of likely N-dealkylation sites (N-methyl/N-ethyl adjacent to an activating group) is 1. The molecule has 1 unspecified atom stereocenters. The Morgan fingerprint density at radius 2 is 1.54 bits per heavy atom. The van der Waals surface area contributed by atoms with Gasteiger partial charge in [0.2, 0.25) is 23.6 Å². The van der Waals surface area contributed by atoms with Crippen molar-refractivity contribution < 1.29 is 37.8 Å². The summed E-state index contributed by atoms with van der Waals surface area (Å²) in [5.41, 5.74) is 3.57. The van der Waals surface area contributed by atoms with Crippen LogP contribution in [0.1, 0.15) is 48.5 Å². The van der Waals surface area contributed by atoms with Gasteiger partial charge in [-0.1, -0.05) is 18.7 Å². The first-order valence-corrected chi connectivity index (χ1v) is 23.4. The van der Waals surface area contributed by atoms with Gasteiger partial charge in [0.25, 0.3) is 5.91 Å². The van der Waals surface area contributed by atoms with Crippen LogP contribution < -0.4 is 35.6 Å². The summed E-state index contributed by atoms with van der Waals surface area (Å²) in [6.07, 6.45) is 4.57. The van der Waals surface area contributed by atoms with E-state index in [1.54, 1.807) is 62.7 Å². The Morgan fingerprint density at radius 1 is 0.870 bits per heavy atom. The number of hydrogen-bond acceptors (Lipinski definition) is 11. The number of rotatable bonds is 15. The standard InChI is InChI=1S/C52H56FN9O7/c1-32-39-6-5-7-41(47(39)49(65)62(32)33(2)48(64)54-3)56-30-46(63)61-26-24-59(25-27-61)31-34-17-22-60(23-18-34)43-29-42-40(28-45(43)68-4)44(16-21-55-42)69-38-14-12-37(13-15-38)58-51(67)52(19-20-52)50(66)57-36-10-8-35(53)9-11-36/h5-16,21,28-29,33-34,56H,1,17-20,22-27,30-31H2,2-4H3,(H,54,64)(H,57,66)(H,58,67). The molecule has 1 saturated carbocycles. The molecule has 4 heterocycles. The number of piperidine rings is 1. The smallest absolute Gasteiger partial charge is 0.261 e.